The minimum atomic E-state index is 0.464. The molecule has 1 fully saturated rings. The van der Waals surface area contributed by atoms with Crippen LogP contribution in [-0.2, 0) is 13.5 Å². The maximum absolute atomic E-state index is 6.20. The van der Waals surface area contributed by atoms with E-state index in [0.717, 1.165) is 23.3 Å². The van der Waals surface area contributed by atoms with Crippen LogP contribution in [0.2, 0.25) is 0 Å². The summed E-state index contributed by atoms with van der Waals surface area (Å²) in [6.07, 6.45) is 5.74. The Morgan fingerprint density at radius 2 is 1.95 bits per heavy atom. The Morgan fingerprint density at radius 1 is 1.30 bits per heavy atom. The summed E-state index contributed by atoms with van der Waals surface area (Å²) in [5, 5.41) is 4.57. The van der Waals surface area contributed by atoms with E-state index < -0.39 is 0 Å². The van der Waals surface area contributed by atoms with Gasteiger partial charge in [-0.1, -0.05) is 20.8 Å². The van der Waals surface area contributed by atoms with Crippen molar-refractivity contribution in [3.63, 3.8) is 0 Å². The molecule has 0 unspecified atom stereocenters. The van der Waals surface area contributed by atoms with Crippen molar-refractivity contribution in [3.8, 4) is 0 Å². The van der Waals surface area contributed by atoms with Crippen LogP contribution >= 0.6 is 0 Å². The topological polar surface area (TPSA) is 61.7 Å². The Labute approximate surface area is 120 Å². The maximum Gasteiger partial charge on any atom is 0.202 e. The van der Waals surface area contributed by atoms with Gasteiger partial charge in [0.1, 0.15) is 5.52 Å². The van der Waals surface area contributed by atoms with E-state index in [1.807, 2.05) is 11.7 Å². The number of imidazole rings is 1. The predicted molar refractivity (Wildman–Crippen MR) is 81.6 cm³/mol. The predicted octanol–water partition coefficient (Wildman–Crippen LogP) is 3.06. The largest absolute Gasteiger partial charge is 0.369 e. The molecule has 2 N–H and O–H groups in total. The zero-order chi connectivity index (χ0) is 14.5. The van der Waals surface area contributed by atoms with Gasteiger partial charge in [-0.05, 0) is 37.5 Å². The van der Waals surface area contributed by atoms with Crippen LogP contribution in [0.4, 0.5) is 5.95 Å². The molecule has 5 heteroatoms. The number of anilines is 1. The minimum Gasteiger partial charge on any atom is -0.369 e. The second kappa shape index (κ2) is 4.50. The van der Waals surface area contributed by atoms with Crippen LogP contribution in [0.1, 0.15) is 58.2 Å². The number of fused-ring (bicyclic) bond motifs is 1. The number of hydrogen-bond donors (Lipinski definition) is 1. The summed E-state index contributed by atoms with van der Waals surface area (Å²) in [5.74, 6) is 0.646. The van der Waals surface area contributed by atoms with Crippen LogP contribution in [-0.4, -0.2) is 19.3 Å². The highest BCUT2D eigenvalue weighted by Crippen LogP contribution is 2.42. The molecular formula is C15H25N5. The fourth-order valence-electron chi connectivity index (χ4n) is 3.46. The molecule has 5 nitrogen and oxygen atoms in total. The van der Waals surface area contributed by atoms with Crippen LogP contribution in [0, 0.1) is 5.41 Å². The van der Waals surface area contributed by atoms with Crippen LogP contribution in [0.15, 0.2) is 0 Å². The summed E-state index contributed by atoms with van der Waals surface area (Å²) in [6.45, 7) is 6.82. The normalized spacial score (nSPS) is 19.8. The van der Waals surface area contributed by atoms with Crippen molar-refractivity contribution in [2.75, 3.05) is 5.73 Å². The highest BCUT2D eigenvalue weighted by atomic mass is 15.4. The van der Waals surface area contributed by atoms with Crippen molar-refractivity contribution in [3.05, 3.63) is 5.69 Å². The first-order chi connectivity index (χ1) is 9.43. The maximum atomic E-state index is 6.20. The van der Waals surface area contributed by atoms with E-state index in [0.29, 0.717) is 17.4 Å². The molecule has 1 aliphatic carbocycles. The van der Waals surface area contributed by atoms with E-state index in [4.69, 9.17) is 5.73 Å². The first-order valence-corrected chi connectivity index (χ1v) is 7.62. The fraction of sp³-hybridized carbons (Fsp3) is 0.733. The molecule has 0 radical (unpaired) electrons. The van der Waals surface area contributed by atoms with Gasteiger partial charge >= 0.3 is 0 Å². The molecule has 20 heavy (non-hydrogen) atoms. The summed E-state index contributed by atoms with van der Waals surface area (Å²) in [5.41, 5.74) is 9.78. The fourth-order valence-corrected chi connectivity index (χ4v) is 3.46. The van der Waals surface area contributed by atoms with Crippen molar-refractivity contribution in [2.24, 2.45) is 12.5 Å². The van der Waals surface area contributed by atoms with Gasteiger partial charge in [0.05, 0.1) is 5.69 Å². The molecule has 1 saturated carbocycles. The third-order valence-electron chi connectivity index (χ3n) is 4.77. The third-order valence-corrected chi connectivity index (χ3v) is 4.77. The standard InChI is InChI=1S/C15H25N5/c1-5-11-12-13(19(4)18-11)20(14(16)17-12)10-6-8-15(2,3)9-7-10/h10H,5-9H2,1-4H3,(H2,16,17). The minimum absolute atomic E-state index is 0.464. The highest BCUT2D eigenvalue weighted by molar-refractivity contribution is 5.78. The summed E-state index contributed by atoms with van der Waals surface area (Å²) in [6, 6.07) is 0.466. The van der Waals surface area contributed by atoms with E-state index >= 15 is 0 Å². The molecule has 110 valence electrons. The van der Waals surface area contributed by atoms with E-state index in [1.165, 1.54) is 25.7 Å². The molecule has 2 aromatic heterocycles. The molecule has 0 spiro atoms. The summed E-state index contributed by atoms with van der Waals surface area (Å²) in [4.78, 5) is 4.57. The van der Waals surface area contributed by atoms with Crippen LogP contribution in [0.3, 0.4) is 0 Å². The Kier molecular flexibility index (Phi) is 3.03. The summed E-state index contributed by atoms with van der Waals surface area (Å²) < 4.78 is 4.16. The Morgan fingerprint density at radius 3 is 2.55 bits per heavy atom. The zero-order valence-corrected chi connectivity index (χ0v) is 13.0. The van der Waals surface area contributed by atoms with E-state index in [-0.39, 0.29) is 0 Å². The average molecular weight is 275 g/mol. The zero-order valence-electron chi connectivity index (χ0n) is 13.0. The molecule has 0 bridgehead atoms. The van der Waals surface area contributed by atoms with Crippen LogP contribution in [0.25, 0.3) is 11.2 Å². The molecule has 0 saturated heterocycles. The Bertz CT molecular complexity index is 624. The molecule has 1 aliphatic rings. The number of hydrogen-bond acceptors (Lipinski definition) is 3. The lowest BCUT2D eigenvalue weighted by Gasteiger charge is -2.35. The molecule has 0 atom stereocenters. The molecule has 0 aromatic carbocycles. The first-order valence-electron chi connectivity index (χ1n) is 7.62. The van der Waals surface area contributed by atoms with Gasteiger partial charge in [-0.2, -0.15) is 5.10 Å². The van der Waals surface area contributed by atoms with Crippen molar-refractivity contribution >= 4 is 17.1 Å². The van der Waals surface area contributed by atoms with Crippen LogP contribution in [0.5, 0.6) is 0 Å². The van der Waals surface area contributed by atoms with Gasteiger partial charge in [-0.25, -0.2) is 4.98 Å². The molecule has 0 aliphatic heterocycles. The van der Waals surface area contributed by atoms with Gasteiger partial charge in [0, 0.05) is 13.1 Å². The van der Waals surface area contributed by atoms with Crippen LogP contribution < -0.4 is 5.73 Å². The average Bonchev–Trinajstić information content (AvgIpc) is 2.87. The van der Waals surface area contributed by atoms with Gasteiger partial charge in [0.25, 0.3) is 0 Å². The molecule has 3 rings (SSSR count). The third kappa shape index (κ3) is 2.00. The smallest absolute Gasteiger partial charge is 0.202 e. The number of aryl methyl sites for hydroxylation is 2. The lowest BCUT2D eigenvalue weighted by atomic mass is 9.75. The van der Waals surface area contributed by atoms with Crippen molar-refractivity contribution in [1.82, 2.24) is 19.3 Å². The van der Waals surface area contributed by atoms with E-state index in [9.17, 15) is 0 Å². The van der Waals surface area contributed by atoms with E-state index in [2.05, 4.69) is 35.4 Å². The Balaban J connectivity index is 2.03. The van der Waals surface area contributed by atoms with Gasteiger partial charge < -0.3 is 5.73 Å². The first kappa shape index (κ1) is 13.5. The lowest BCUT2D eigenvalue weighted by molar-refractivity contribution is 0.196. The second-order valence-electron chi connectivity index (χ2n) is 6.83. The molecular weight excluding hydrogens is 250 g/mol. The van der Waals surface area contributed by atoms with Crippen molar-refractivity contribution in [2.45, 2.75) is 58.9 Å². The number of rotatable bonds is 2. The molecule has 2 aromatic rings. The summed E-state index contributed by atoms with van der Waals surface area (Å²) >= 11 is 0. The molecule has 2 heterocycles. The molecule has 0 amide bonds. The van der Waals surface area contributed by atoms with Crippen molar-refractivity contribution < 1.29 is 0 Å². The lowest BCUT2D eigenvalue weighted by Crippen LogP contribution is -2.24. The van der Waals surface area contributed by atoms with Crippen molar-refractivity contribution in [1.29, 1.82) is 0 Å². The SMILES string of the molecule is CCc1nn(C)c2c1nc(N)n2C1CCC(C)(C)CC1. The quantitative estimate of drug-likeness (QED) is 0.916. The highest BCUT2D eigenvalue weighted by Gasteiger charge is 2.30. The number of nitrogens with two attached hydrogens (primary N) is 1. The second-order valence-corrected chi connectivity index (χ2v) is 6.83. The van der Waals surface area contributed by atoms with Gasteiger partial charge in [0.15, 0.2) is 5.65 Å². The van der Waals surface area contributed by atoms with Gasteiger partial charge in [0.2, 0.25) is 5.95 Å². The number of nitrogen functional groups attached to an aromatic ring is 1. The van der Waals surface area contributed by atoms with Gasteiger partial charge in [-0.15, -0.1) is 0 Å². The Hall–Kier alpha value is -1.52. The monoisotopic (exact) mass is 275 g/mol. The number of nitrogens with zero attached hydrogens (tertiary/aromatic N) is 4. The van der Waals surface area contributed by atoms with E-state index in [1.54, 1.807) is 0 Å². The number of aromatic nitrogens is 4. The van der Waals surface area contributed by atoms with Gasteiger partial charge in [-0.3, -0.25) is 9.25 Å². The summed E-state index contributed by atoms with van der Waals surface area (Å²) in [7, 11) is 1.99.